The number of hydrogen-bond donors (Lipinski definition) is 1. The Hall–Kier alpha value is -3.11. The quantitative estimate of drug-likeness (QED) is 0.625. The maximum absolute atomic E-state index is 12.6. The zero-order valence-corrected chi connectivity index (χ0v) is 18.4. The van der Waals surface area contributed by atoms with E-state index >= 15 is 0 Å². The van der Waals surface area contributed by atoms with Gasteiger partial charge in [-0.05, 0) is 60.6 Å². The van der Waals surface area contributed by atoms with E-state index in [1.54, 1.807) is 0 Å². The van der Waals surface area contributed by atoms with Crippen molar-refractivity contribution in [2.24, 2.45) is 0 Å². The summed E-state index contributed by atoms with van der Waals surface area (Å²) >= 11 is 0. The van der Waals surface area contributed by atoms with E-state index in [9.17, 15) is 4.79 Å². The minimum Gasteiger partial charge on any atom is -0.490 e. The van der Waals surface area contributed by atoms with Gasteiger partial charge in [-0.25, -0.2) is 0 Å². The highest BCUT2D eigenvalue weighted by molar-refractivity contribution is 5.94. The predicted molar refractivity (Wildman–Crippen MR) is 127 cm³/mol. The van der Waals surface area contributed by atoms with Crippen molar-refractivity contribution in [3.05, 3.63) is 101 Å². The van der Waals surface area contributed by atoms with Crippen molar-refractivity contribution in [3.8, 4) is 5.75 Å². The first-order valence-electron chi connectivity index (χ1n) is 11.6. The van der Waals surface area contributed by atoms with E-state index in [0.29, 0.717) is 18.2 Å². The summed E-state index contributed by atoms with van der Waals surface area (Å²) in [6.45, 7) is 2.66. The van der Waals surface area contributed by atoms with Gasteiger partial charge in [0, 0.05) is 31.2 Å². The lowest BCUT2D eigenvalue weighted by Crippen LogP contribution is -2.44. The minimum absolute atomic E-state index is 0.0741. The van der Waals surface area contributed by atoms with Crippen LogP contribution in [0.5, 0.6) is 5.75 Å². The van der Waals surface area contributed by atoms with Crippen molar-refractivity contribution >= 4 is 5.91 Å². The monoisotopic (exact) mass is 426 g/mol. The average molecular weight is 427 g/mol. The van der Waals surface area contributed by atoms with Gasteiger partial charge < -0.3 is 10.1 Å². The van der Waals surface area contributed by atoms with Gasteiger partial charge in [0.1, 0.15) is 11.9 Å². The van der Waals surface area contributed by atoms with Crippen molar-refractivity contribution < 1.29 is 9.53 Å². The van der Waals surface area contributed by atoms with Crippen LogP contribution in [0.4, 0.5) is 0 Å². The van der Waals surface area contributed by atoms with Crippen molar-refractivity contribution in [2.75, 3.05) is 13.1 Å². The molecule has 1 aliphatic carbocycles. The normalized spacial score (nSPS) is 17.1. The number of hydrogen-bond acceptors (Lipinski definition) is 3. The number of ether oxygens (including phenoxy) is 1. The second kappa shape index (κ2) is 9.58. The fourth-order valence-electron chi connectivity index (χ4n) is 4.94. The van der Waals surface area contributed by atoms with Crippen LogP contribution in [0.25, 0.3) is 0 Å². The SMILES string of the molecule is O=C(NCc1ccccc1)c1cccc(OC2CCN(C3Cc4ccccc4C3)CC2)c1. The van der Waals surface area contributed by atoms with Crippen LogP contribution in [0.3, 0.4) is 0 Å². The minimum atomic E-state index is -0.0741. The lowest BCUT2D eigenvalue weighted by molar-refractivity contribution is 0.0775. The fourth-order valence-corrected chi connectivity index (χ4v) is 4.94. The number of carbonyl (C=O) groups is 1. The highest BCUT2D eigenvalue weighted by Gasteiger charge is 2.30. The zero-order chi connectivity index (χ0) is 21.8. The van der Waals surface area contributed by atoms with E-state index in [1.165, 1.54) is 24.0 Å². The van der Waals surface area contributed by atoms with Gasteiger partial charge in [-0.2, -0.15) is 0 Å². The number of fused-ring (bicyclic) bond motifs is 1. The molecule has 1 heterocycles. The Morgan fingerprint density at radius 1 is 0.875 bits per heavy atom. The molecule has 3 aromatic rings. The maximum Gasteiger partial charge on any atom is 0.251 e. The fraction of sp³-hybridized carbons (Fsp3) is 0.321. The first-order chi connectivity index (χ1) is 15.7. The van der Waals surface area contributed by atoms with Crippen LogP contribution >= 0.6 is 0 Å². The molecule has 5 rings (SSSR count). The molecule has 1 amide bonds. The second-order valence-electron chi connectivity index (χ2n) is 8.88. The molecule has 0 atom stereocenters. The summed E-state index contributed by atoms with van der Waals surface area (Å²) in [5.74, 6) is 0.707. The summed E-state index contributed by atoms with van der Waals surface area (Å²) in [6, 6.07) is 27.0. The topological polar surface area (TPSA) is 41.6 Å². The van der Waals surface area contributed by atoms with E-state index < -0.39 is 0 Å². The van der Waals surface area contributed by atoms with Crippen molar-refractivity contribution in [2.45, 2.75) is 44.4 Å². The number of nitrogens with zero attached hydrogens (tertiary/aromatic N) is 1. The number of rotatable bonds is 6. The zero-order valence-electron chi connectivity index (χ0n) is 18.4. The molecular formula is C28H30N2O2. The van der Waals surface area contributed by atoms with Crippen LogP contribution in [0.1, 0.15) is 39.9 Å². The molecule has 4 nitrogen and oxygen atoms in total. The Kier molecular flexibility index (Phi) is 6.22. The van der Waals surface area contributed by atoms with E-state index in [-0.39, 0.29) is 12.0 Å². The van der Waals surface area contributed by atoms with E-state index in [1.807, 2.05) is 54.6 Å². The highest BCUT2D eigenvalue weighted by atomic mass is 16.5. The molecule has 0 bridgehead atoms. The van der Waals surface area contributed by atoms with Crippen LogP contribution in [0.2, 0.25) is 0 Å². The molecule has 164 valence electrons. The molecule has 0 radical (unpaired) electrons. The number of carbonyl (C=O) groups excluding carboxylic acids is 1. The van der Waals surface area contributed by atoms with Crippen LogP contribution in [-0.4, -0.2) is 36.0 Å². The summed E-state index contributed by atoms with van der Waals surface area (Å²) in [6.07, 6.45) is 4.59. The molecule has 0 spiro atoms. The molecule has 0 unspecified atom stereocenters. The molecule has 4 heteroatoms. The number of amides is 1. The number of nitrogens with one attached hydrogen (secondary N) is 1. The molecule has 1 aliphatic heterocycles. The molecule has 3 aromatic carbocycles. The van der Waals surface area contributed by atoms with Crippen LogP contribution in [0, 0.1) is 0 Å². The summed E-state index contributed by atoms with van der Waals surface area (Å²) in [4.78, 5) is 15.2. The third-order valence-corrected chi connectivity index (χ3v) is 6.72. The molecule has 32 heavy (non-hydrogen) atoms. The highest BCUT2D eigenvalue weighted by Crippen LogP contribution is 2.28. The van der Waals surface area contributed by atoms with E-state index in [4.69, 9.17) is 4.74 Å². The van der Waals surface area contributed by atoms with E-state index in [0.717, 1.165) is 37.2 Å². The van der Waals surface area contributed by atoms with Crippen LogP contribution in [-0.2, 0) is 19.4 Å². The molecule has 2 aliphatic rings. The predicted octanol–water partition coefficient (Wildman–Crippen LogP) is 4.63. The Morgan fingerprint density at radius 2 is 1.56 bits per heavy atom. The second-order valence-corrected chi connectivity index (χ2v) is 8.88. The summed E-state index contributed by atoms with van der Waals surface area (Å²) in [5.41, 5.74) is 4.75. The van der Waals surface area contributed by atoms with Gasteiger partial charge >= 0.3 is 0 Å². The Bertz CT molecular complexity index is 1030. The standard InChI is InChI=1S/C28H30N2O2/c31-28(29-20-21-7-2-1-3-8-21)24-11-6-12-27(19-24)32-26-13-15-30(16-14-26)25-17-22-9-4-5-10-23(22)18-25/h1-12,19,25-26H,13-18,20H2,(H,29,31). The Balaban J connectivity index is 1.12. The van der Waals surface area contributed by atoms with Gasteiger partial charge in [0.25, 0.3) is 5.91 Å². The maximum atomic E-state index is 12.6. The van der Waals surface area contributed by atoms with E-state index in [2.05, 4.69) is 34.5 Å². The van der Waals surface area contributed by atoms with Crippen LogP contribution in [0.15, 0.2) is 78.9 Å². The first kappa shape index (κ1) is 20.8. The van der Waals surface area contributed by atoms with Gasteiger partial charge in [0.05, 0.1) is 0 Å². The molecule has 0 saturated carbocycles. The van der Waals surface area contributed by atoms with Gasteiger partial charge in [0.15, 0.2) is 0 Å². The number of likely N-dealkylation sites (tertiary alicyclic amines) is 1. The Labute approximate surface area is 190 Å². The molecule has 1 N–H and O–H groups in total. The molecule has 1 saturated heterocycles. The number of piperidine rings is 1. The first-order valence-corrected chi connectivity index (χ1v) is 11.6. The summed E-state index contributed by atoms with van der Waals surface area (Å²) < 4.78 is 6.28. The van der Waals surface area contributed by atoms with Crippen molar-refractivity contribution in [1.82, 2.24) is 10.2 Å². The summed E-state index contributed by atoms with van der Waals surface area (Å²) in [5, 5.41) is 2.99. The molecule has 0 aromatic heterocycles. The van der Waals surface area contributed by atoms with Gasteiger partial charge in [-0.3, -0.25) is 9.69 Å². The Morgan fingerprint density at radius 3 is 2.28 bits per heavy atom. The third kappa shape index (κ3) is 4.86. The van der Waals surface area contributed by atoms with Crippen molar-refractivity contribution in [3.63, 3.8) is 0 Å². The molecular weight excluding hydrogens is 396 g/mol. The summed E-state index contributed by atoms with van der Waals surface area (Å²) in [7, 11) is 0. The number of benzene rings is 3. The lowest BCUT2D eigenvalue weighted by Gasteiger charge is -2.36. The van der Waals surface area contributed by atoms with Crippen LogP contribution < -0.4 is 10.1 Å². The third-order valence-electron chi connectivity index (χ3n) is 6.72. The van der Waals surface area contributed by atoms with Gasteiger partial charge in [0.2, 0.25) is 0 Å². The van der Waals surface area contributed by atoms with Crippen molar-refractivity contribution in [1.29, 1.82) is 0 Å². The lowest BCUT2D eigenvalue weighted by atomic mass is 10.0. The largest absolute Gasteiger partial charge is 0.490 e. The smallest absolute Gasteiger partial charge is 0.251 e. The van der Waals surface area contributed by atoms with Gasteiger partial charge in [-0.15, -0.1) is 0 Å². The molecule has 1 fully saturated rings. The van der Waals surface area contributed by atoms with Gasteiger partial charge in [-0.1, -0.05) is 60.7 Å². The average Bonchev–Trinajstić information content (AvgIpc) is 3.28.